The highest BCUT2D eigenvalue weighted by Gasteiger charge is 2.51. The quantitative estimate of drug-likeness (QED) is 0.162. The van der Waals surface area contributed by atoms with Gasteiger partial charge in [0.15, 0.2) is 24.7 Å². The van der Waals surface area contributed by atoms with E-state index < -0.39 is 5.91 Å². The van der Waals surface area contributed by atoms with Crippen LogP contribution in [0.1, 0.15) is 73.4 Å². The number of aryl methyl sites for hydroxylation is 1. The second kappa shape index (κ2) is 15.1. The molecule has 4 aliphatic carbocycles. The van der Waals surface area contributed by atoms with E-state index in [1.165, 1.54) is 57.4 Å². The fourth-order valence-electron chi connectivity index (χ4n) is 8.25. The Morgan fingerprint density at radius 1 is 0.959 bits per heavy atom. The maximum Gasteiger partial charge on any atom is 0.278 e. The van der Waals surface area contributed by atoms with Crippen LogP contribution in [-0.4, -0.2) is 49.9 Å². The molecule has 2 amide bonds. The molecule has 0 aliphatic heterocycles. The minimum Gasteiger partial charge on any atom is -0.490 e. The van der Waals surface area contributed by atoms with Gasteiger partial charge in [-0.3, -0.25) is 9.59 Å². The van der Waals surface area contributed by atoms with E-state index in [2.05, 4.69) is 39.0 Å². The summed E-state index contributed by atoms with van der Waals surface area (Å²) < 4.78 is 22.2. The molecule has 4 saturated carbocycles. The number of rotatable bonds is 14. The van der Waals surface area contributed by atoms with Gasteiger partial charge in [-0.25, -0.2) is 10.4 Å². The molecule has 0 spiro atoms. The number of nitrogens with zero attached hydrogens (tertiary/aromatic N) is 3. The largest absolute Gasteiger partial charge is 0.490 e. The number of hydrogen-bond donors (Lipinski definition) is 2. The van der Waals surface area contributed by atoms with E-state index in [-0.39, 0.29) is 37.2 Å². The van der Waals surface area contributed by atoms with Crippen molar-refractivity contribution in [3.05, 3.63) is 76.5 Å². The summed E-state index contributed by atoms with van der Waals surface area (Å²) >= 11 is 0. The van der Waals surface area contributed by atoms with E-state index in [0.717, 1.165) is 23.4 Å². The van der Waals surface area contributed by atoms with E-state index in [4.69, 9.17) is 18.9 Å². The number of nitriles is 1. The Hall–Kier alpha value is -4.95. The molecule has 2 aromatic carbocycles. The maximum atomic E-state index is 12.8. The number of ether oxygens (including phenoxy) is 4. The number of carbonyl (C=O) groups excluding carboxylic acids is 2. The average Bonchev–Trinajstić information content (AvgIpc) is 3.07. The van der Waals surface area contributed by atoms with Crippen LogP contribution in [0.2, 0.25) is 0 Å². The van der Waals surface area contributed by atoms with Crippen LogP contribution < -0.4 is 25.0 Å². The molecule has 2 N–H and O–H groups in total. The van der Waals surface area contributed by atoms with Gasteiger partial charge in [0.1, 0.15) is 11.6 Å². The van der Waals surface area contributed by atoms with Crippen molar-refractivity contribution in [3.63, 3.8) is 0 Å². The van der Waals surface area contributed by atoms with Gasteiger partial charge in [-0.2, -0.15) is 10.4 Å². The predicted molar refractivity (Wildman–Crippen MR) is 184 cm³/mol. The van der Waals surface area contributed by atoms with E-state index >= 15 is 0 Å². The predicted octanol–water partition coefficient (Wildman–Crippen LogP) is 5.82. The number of aromatic nitrogens is 1. The number of amides is 2. The molecule has 11 heteroatoms. The molecule has 4 bridgehead atoms. The molecular formula is C38H43N5O6. The van der Waals surface area contributed by atoms with Gasteiger partial charge in [-0.05, 0) is 123 Å². The monoisotopic (exact) mass is 665 g/mol. The first-order chi connectivity index (χ1) is 23.8. The van der Waals surface area contributed by atoms with Gasteiger partial charge in [0.2, 0.25) is 5.88 Å². The minimum absolute atomic E-state index is 0.0599. The molecule has 3 aromatic rings. The molecule has 4 fully saturated rings. The Labute approximate surface area is 287 Å². The summed E-state index contributed by atoms with van der Waals surface area (Å²) in [6.07, 6.45) is 9.63. The van der Waals surface area contributed by atoms with Gasteiger partial charge in [-0.15, -0.1) is 0 Å². The summed E-state index contributed by atoms with van der Waals surface area (Å²) in [4.78, 5) is 29.4. The van der Waals surface area contributed by atoms with Gasteiger partial charge >= 0.3 is 0 Å². The van der Waals surface area contributed by atoms with Crippen LogP contribution in [0.3, 0.4) is 0 Å². The molecule has 49 heavy (non-hydrogen) atoms. The molecule has 0 unspecified atom stereocenters. The highest BCUT2D eigenvalue weighted by Crippen LogP contribution is 2.60. The van der Waals surface area contributed by atoms with Crippen molar-refractivity contribution in [2.45, 2.75) is 64.4 Å². The lowest BCUT2D eigenvalue weighted by Crippen LogP contribution is -2.48. The number of pyridine rings is 1. The lowest BCUT2D eigenvalue weighted by molar-refractivity contribution is -0.123. The normalized spacial score (nSPS) is 22.0. The number of benzene rings is 2. The van der Waals surface area contributed by atoms with Crippen molar-refractivity contribution in [3.8, 4) is 23.4 Å². The summed E-state index contributed by atoms with van der Waals surface area (Å²) in [5, 5.41) is 16.5. The Morgan fingerprint density at radius 3 is 2.31 bits per heavy atom. The number of hydrogen-bond acceptors (Lipinski definition) is 9. The third-order valence-corrected chi connectivity index (χ3v) is 9.80. The topological polar surface area (TPSA) is 144 Å². The maximum absolute atomic E-state index is 12.8. The number of methoxy groups -OCH3 is 1. The number of carbonyl (C=O) groups is 2. The molecule has 11 nitrogen and oxygen atoms in total. The van der Waals surface area contributed by atoms with Crippen LogP contribution in [0.15, 0.2) is 53.6 Å². The van der Waals surface area contributed by atoms with Crippen LogP contribution in [0.25, 0.3) is 0 Å². The Bertz CT molecular complexity index is 1710. The molecule has 0 radical (unpaired) electrons. The van der Waals surface area contributed by atoms with Crippen molar-refractivity contribution in [1.82, 2.24) is 10.4 Å². The van der Waals surface area contributed by atoms with Crippen LogP contribution in [-0.2, 0) is 26.3 Å². The first-order valence-corrected chi connectivity index (χ1v) is 16.9. The number of anilines is 1. The van der Waals surface area contributed by atoms with E-state index in [1.54, 1.807) is 31.2 Å². The fourth-order valence-corrected chi connectivity index (χ4v) is 8.25. The zero-order chi connectivity index (χ0) is 34.4. The van der Waals surface area contributed by atoms with Crippen molar-refractivity contribution in [2.24, 2.45) is 22.9 Å². The molecule has 7 rings (SSSR count). The first-order valence-electron chi connectivity index (χ1n) is 16.9. The third-order valence-electron chi connectivity index (χ3n) is 9.80. The highest BCUT2D eigenvalue weighted by molar-refractivity contribution is 5.92. The first kappa shape index (κ1) is 33.9. The van der Waals surface area contributed by atoms with Gasteiger partial charge in [0.05, 0.1) is 19.4 Å². The smallest absolute Gasteiger partial charge is 0.278 e. The minimum atomic E-state index is -0.532. The number of nitrogens with one attached hydrogen (secondary N) is 2. The molecule has 0 saturated heterocycles. The molecule has 1 heterocycles. The molecule has 256 valence electrons. The standard InChI is InChI=1S/C38H43N5O6/c1-4-47-34-15-25(20-40-43-36(45)23-49-37-32(19-39)29(21-46-3)11-24(2)41-37)5-10-33(34)48-22-35(44)42-31-8-6-30(7-9-31)38-16-26-12-27(17-38)14-28(13-26)18-38/h5-11,15,20,26-28H,4,12-14,16-18,21-23H2,1-3H3,(H,42,44)(H,43,45)/b40-20+. The summed E-state index contributed by atoms with van der Waals surface area (Å²) in [5.41, 5.74) is 7.01. The van der Waals surface area contributed by atoms with Crippen molar-refractivity contribution < 1.29 is 28.5 Å². The summed E-state index contributed by atoms with van der Waals surface area (Å²) in [5.74, 6) is 2.77. The summed E-state index contributed by atoms with van der Waals surface area (Å²) in [7, 11) is 1.53. The van der Waals surface area contributed by atoms with Gasteiger partial charge in [-0.1, -0.05) is 12.1 Å². The summed E-state index contributed by atoms with van der Waals surface area (Å²) in [6, 6.07) is 17.4. The van der Waals surface area contributed by atoms with E-state index in [0.29, 0.717) is 40.3 Å². The SMILES string of the molecule is CCOc1cc(/C=N/NC(=O)COc2nc(C)cc(COC)c2C#N)ccc1OCC(=O)Nc1ccc(C23CC4CC(CC(C4)C2)C3)cc1. The second-order valence-electron chi connectivity index (χ2n) is 13.5. The van der Waals surface area contributed by atoms with Crippen molar-refractivity contribution in [2.75, 3.05) is 32.2 Å². The Balaban J connectivity index is 0.993. The van der Waals surface area contributed by atoms with E-state index in [9.17, 15) is 14.9 Å². The Morgan fingerprint density at radius 2 is 1.65 bits per heavy atom. The molecular weight excluding hydrogens is 622 g/mol. The fraction of sp³-hybridized carbons (Fsp3) is 0.447. The van der Waals surface area contributed by atoms with Crippen LogP contribution in [0.5, 0.6) is 17.4 Å². The van der Waals surface area contributed by atoms with Crippen LogP contribution >= 0.6 is 0 Å². The lowest BCUT2D eigenvalue weighted by atomic mass is 9.48. The molecule has 4 aliphatic rings. The zero-order valence-corrected chi connectivity index (χ0v) is 28.3. The zero-order valence-electron chi connectivity index (χ0n) is 28.3. The van der Waals surface area contributed by atoms with Gasteiger partial charge in [0, 0.05) is 24.1 Å². The van der Waals surface area contributed by atoms with E-state index in [1.807, 2.05) is 19.1 Å². The highest BCUT2D eigenvalue weighted by atomic mass is 16.5. The molecule has 0 atom stereocenters. The van der Waals surface area contributed by atoms with Crippen molar-refractivity contribution in [1.29, 1.82) is 5.26 Å². The lowest BCUT2D eigenvalue weighted by Gasteiger charge is -2.57. The average molecular weight is 666 g/mol. The number of hydrazone groups is 1. The van der Waals surface area contributed by atoms with Crippen molar-refractivity contribution >= 4 is 23.7 Å². The second-order valence-corrected chi connectivity index (χ2v) is 13.5. The van der Waals surface area contributed by atoms with Gasteiger partial charge < -0.3 is 24.3 Å². The van der Waals surface area contributed by atoms with Crippen LogP contribution in [0, 0.1) is 36.0 Å². The summed E-state index contributed by atoms with van der Waals surface area (Å²) in [6.45, 7) is 3.65. The Kier molecular flexibility index (Phi) is 10.4. The molecule has 1 aromatic heterocycles. The third kappa shape index (κ3) is 8.03. The van der Waals surface area contributed by atoms with Gasteiger partial charge in [0.25, 0.3) is 11.8 Å². The van der Waals surface area contributed by atoms with Crippen LogP contribution in [0.4, 0.5) is 5.69 Å².